The normalized spacial score (nSPS) is 16.6. The quantitative estimate of drug-likeness (QED) is 0.887. The summed E-state index contributed by atoms with van der Waals surface area (Å²) >= 11 is 0. The van der Waals surface area contributed by atoms with E-state index in [1.165, 1.54) is 13.2 Å². The fraction of sp³-hybridized carbons (Fsp3) is 0.222. The second kappa shape index (κ2) is 6.12. The standard InChI is InChI=1S/C18H18N2O3/c1-19-11-14-9-12-5-3-4-6-15(12)20(14)18(22)13-7-8-16(21)17(10-13)23-2/h3-8,10-11,14,21H,9H2,1-2H3/b19-11-. The van der Waals surface area contributed by atoms with Crippen LogP contribution in [0.3, 0.4) is 0 Å². The predicted molar refractivity (Wildman–Crippen MR) is 89.8 cm³/mol. The largest absolute Gasteiger partial charge is 0.504 e. The molecule has 1 atom stereocenters. The molecular formula is C18H18N2O3. The topological polar surface area (TPSA) is 62.1 Å². The highest BCUT2D eigenvalue weighted by molar-refractivity contribution is 6.10. The maximum atomic E-state index is 13.0. The fourth-order valence-electron chi connectivity index (χ4n) is 2.91. The van der Waals surface area contributed by atoms with Crippen molar-refractivity contribution in [3.63, 3.8) is 0 Å². The molecule has 5 heteroatoms. The lowest BCUT2D eigenvalue weighted by Crippen LogP contribution is -2.38. The van der Waals surface area contributed by atoms with Crippen LogP contribution in [-0.2, 0) is 6.42 Å². The van der Waals surface area contributed by atoms with Crippen LogP contribution in [0.1, 0.15) is 15.9 Å². The number of carbonyl (C=O) groups is 1. The SMILES string of the molecule is C/N=C\C1Cc2ccccc2N1C(=O)c1ccc(O)c(OC)c1. The molecule has 3 rings (SSSR count). The van der Waals surface area contributed by atoms with Gasteiger partial charge in [0.15, 0.2) is 11.5 Å². The van der Waals surface area contributed by atoms with Gasteiger partial charge in [0.25, 0.3) is 5.91 Å². The van der Waals surface area contributed by atoms with Gasteiger partial charge in [-0.25, -0.2) is 0 Å². The van der Waals surface area contributed by atoms with Crippen molar-refractivity contribution in [2.75, 3.05) is 19.1 Å². The van der Waals surface area contributed by atoms with Crippen LogP contribution < -0.4 is 9.64 Å². The summed E-state index contributed by atoms with van der Waals surface area (Å²) in [6, 6.07) is 12.4. The number of amides is 1. The van der Waals surface area contributed by atoms with Crippen molar-refractivity contribution < 1.29 is 14.6 Å². The summed E-state index contributed by atoms with van der Waals surface area (Å²) < 4.78 is 5.10. The third-order valence-corrected chi connectivity index (χ3v) is 3.98. The van der Waals surface area contributed by atoms with Gasteiger partial charge in [0.05, 0.1) is 13.2 Å². The molecule has 1 heterocycles. The van der Waals surface area contributed by atoms with Crippen molar-refractivity contribution in [2.45, 2.75) is 12.5 Å². The molecule has 0 radical (unpaired) electrons. The first-order chi connectivity index (χ1) is 11.2. The zero-order valence-corrected chi connectivity index (χ0v) is 13.1. The second-order valence-electron chi connectivity index (χ2n) is 5.37. The first-order valence-electron chi connectivity index (χ1n) is 7.36. The highest BCUT2D eigenvalue weighted by atomic mass is 16.5. The third kappa shape index (κ3) is 2.65. The molecule has 0 spiro atoms. The Labute approximate surface area is 134 Å². The van der Waals surface area contributed by atoms with Gasteiger partial charge in [0, 0.05) is 30.9 Å². The molecule has 0 saturated carbocycles. The van der Waals surface area contributed by atoms with Crippen LogP contribution in [0.5, 0.6) is 11.5 Å². The average molecular weight is 310 g/mol. The molecule has 0 bridgehead atoms. The van der Waals surface area contributed by atoms with E-state index in [0.717, 1.165) is 17.7 Å². The van der Waals surface area contributed by atoms with E-state index in [4.69, 9.17) is 4.74 Å². The van der Waals surface area contributed by atoms with E-state index in [1.807, 2.05) is 24.3 Å². The first kappa shape index (κ1) is 15.1. The zero-order valence-electron chi connectivity index (χ0n) is 13.1. The van der Waals surface area contributed by atoms with Crippen molar-refractivity contribution in [2.24, 2.45) is 4.99 Å². The van der Waals surface area contributed by atoms with Crippen molar-refractivity contribution in [1.82, 2.24) is 0 Å². The van der Waals surface area contributed by atoms with Crippen LogP contribution in [0.15, 0.2) is 47.5 Å². The molecule has 1 aliphatic heterocycles. The Bertz CT molecular complexity index is 771. The summed E-state index contributed by atoms with van der Waals surface area (Å²) in [6.45, 7) is 0. The van der Waals surface area contributed by atoms with E-state index in [1.54, 1.807) is 30.3 Å². The number of methoxy groups -OCH3 is 1. The van der Waals surface area contributed by atoms with Gasteiger partial charge in [-0.15, -0.1) is 0 Å². The minimum absolute atomic E-state index is 0.0116. The van der Waals surface area contributed by atoms with Crippen LogP contribution in [0.2, 0.25) is 0 Å². The molecule has 1 unspecified atom stereocenters. The molecule has 2 aromatic carbocycles. The summed E-state index contributed by atoms with van der Waals surface area (Å²) in [5, 5.41) is 9.70. The van der Waals surface area contributed by atoms with Crippen molar-refractivity contribution in [3.8, 4) is 11.5 Å². The van der Waals surface area contributed by atoms with Crippen LogP contribution in [0.4, 0.5) is 5.69 Å². The predicted octanol–water partition coefficient (Wildman–Crippen LogP) is 2.67. The summed E-state index contributed by atoms with van der Waals surface area (Å²) in [7, 11) is 3.16. The Hall–Kier alpha value is -2.82. The highest BCUT2D eigenvalue weighted by Crippen LogP contribution is 2.34. The molecule has 1 N–H and O–H groups in total. The van der Waals surface area contributed by atoms with Crippen molar-refractivity contribution in [3.05, 3.63) is 53.6 Å². The molecule has 23 heavy (non-hydrogen) atoms. The van der Waals surface area contributed by atoms with Crippen LogP contribution in [0, 0.1) is 0 Å². The lowest BCUT2D eigenvalue weighted by atomic mass is 10.1. The third-order valence-electron chi connectivity index (χ3n) is 3.98. The number of para-hydroxylation sites is 1. The van der Waals surface area contributed by atoms with Gasteiger partial charge in [0.1, 0.15) is 0 Å². The monoisotopic (exact) mass is 310 g/mol. The van der Waals surface area contributed by atoms with E-state index in [-0.39, 0.29) is 23.4 Å². The van der Waals surface area contributed by atoms with Crippen molar-refractivity contribution in [1.29, 1.82) is 0 Å². The van der Waals surface area contributed by atoms with Crippen LogP contribution in [-0.4, -0.2) is 37.4 Å². The van der Waals surface area contributed by atoms with E-state index in [2.05, 4.69) is 4.99 Å². The van der Waals surface area contributed by atoms with E-state index in [9.17, 15) is 9.90 Å². The average Bonchev–Trinajstić information content (AvgIpc) is 2.93. The summed E-state index contributed by atoms with van der Waals surface area (Å²) in [6.07, 6.45) is 2.53. The van der Waals surface area contributed by atoms with Gasteiger partial charge >= 0.3 is 0 Å². The lowest BCUT2D eigenvalue weighted by Gasteiger charge is -2.23. The molecule has 0 saturated heterocycles. The molecule has 0 aromatic heterocycles. The van der Waals surface area contributed by atoms with Gasteiger partial charge in [-0.1, -0.05) is 18.2 Å². The number of aliphatic imine (C=N–C) groups is 1. The highest BCUT2D eigenvalue weighted by Gasteiger charge is 2.33. The van der Waals surface area contributed by atoms with Gasteiger partial charge in [0.2, 0.25) is 0 Å². The number of carbonyl (C=O) groups excluding carboxylic acids is 1. The van der Waals surface area contributed by atoms with Gasteiger partial charge in [-0.3, -0.25) is 14.7 Å². The number of rotatable bonds is 3. The summed E-state index contributed by atoms with van der Waals surface area (Å²) in [5.74, 6) is 0.153. The van der Waals surface area contributed by atoms with E-state index >= 15 is 0 Å². The number of aromatic hydroxyl groups is 1. The van der Waals surface area contributed by atoms with Gasteiger partial charge in [-0.05, 0) is 29.8 Å². The maximum Gasteiger partial charge on any atom is 0.259 e. The minimum atomic E-state index is -0.141. The number of hydrogen-bond acceptors (Lipinski definition) is 4. The number of benzene rings is 2. The van der Waals surface area contributed by atoms with Crippen LogP contribution >= 0.6 is 0 Å². The molecule has 0 fully saturated rings. The van der Waals surface area contributed by atoms with E-state index < -0.39 is 0 Å². The fourth-order valence-corrected chi connectivity index (χ4v) is 2.91. The van der Waals surface area contributed by atoms with Crippen molar-refractivity contribution >= 4 is 17.8 Å². The second-order valence-corrected chi connectivity index (χ2v) is 5.37. The first-order valence-corrected chi connectivity index (χ1v) is 7.36. The number of phenolic OH excluding ortho intramolecular Hbond substituents is 1. The number of hydrogen-bond donors (Lipinski definition) is 1. The Morgan fingerprint density at radius 3 is 2.87 bits per heavy atom. The molecule has 2 aromatic rings. The number of anilines is 1. The Balaban J connectivity index is 2.02. The molecule has 1 aliphatic rings. The van der Waals surface area contributed by atoms with E-state index in [0.29, 0.717) is 5.56 Å². The molecular weight excluding hydrogens is 292 g/mol. The zero-order chi connectivity index (χ0) is 16.4. The Morgan fingerprint density at radius 2 is 2.13 bits per heavy atom. The smallest absolute Gasteiger partial charge is 0.259 e. The Morgan fingerprint density at radius 1 is 1.35 bits per heavy atom. The van der Waals surface area contributed by atoms with Gasteiger partial charge < -0.3 is 9.84 Å². The number of fused-ring (bicyclic) bond motifs is 1. The molecule has 5 nitrogen and oxygen atoms in total. The molecule has 118 valence electrons. The Kier molecular flexibility index (Phi) is 4.02. The summed E-state index contributed by atoms with van der Waals surface area (Å²) in [5.41, 5.74) is 2.48. The number of phenols is 1. The minimum Gasteiger partial charge on any atom is -0.504 e. The summed E-state index contributed by atoms with van der Waals surface area (Å²) in [4.78, 5) is 18.8. The molecule has 1 amide bonds. The van der Waals surface area contributed by atoms with Crippen LogP contribution in [0.25, 0.3) is 0 Å². The number of nitrogens with zero attached hydrogens (tertiary/aromatic N) is 2. The number of ether oxygens (including phenoxy) is 1. The lowest BCUT2D eigenvalue weighted by molar-refractivity contribution is 0.0985. The molecule has 0 aliphatic carbocycles. The van der Waals surface area contributed by atoms with Gasteiger partial charge in [-0.2, -0.15) is 0 Å². The maximum absolute atomic E-state index is 13.0.